The van der Waals surface area contributed by atoms with Crippen molar-refractivity contribution in [2.45, 2.75) is 33.9 Å². The summed E-state index contributed by atoms with van der Waals surface area (Å²) in [6.07, 6.45) is 0.797. The van der Waals surface area contributed by atoms with Crippen molar-refractivity contribution >= 4 is 41.1 Å². The molecule has 2 aromatic heterocycles. The third-order valence-electron chi connectivity index (χ3n) is 6.40. The lowest BCUT2D eigenvalue weighted by Gasteiger charge is -2.40. The first-order valence-electron chi connectivity index (χ1n) is 11.1. The highest BCUT2D eigenvalue weighted by atomic mass is 32.2. The van der Waals surface area contributed by atoms with Gasteiger partial charge in [-0.25, -0.2) is 43.3 Å². The van der Waals surface area contributed by atoms with Crippen LogP contribution in [0.25, 0.3) is 11.0 Å². The highest BCUT2D eigenvalue weighted by molar-refractivity contribution is 7.92. The Balaban J connectivity index is 1.69. The number of nitrogens with one attached hydrogen (secondary N) is 1. The average molecular weight is 615 g/mol. The Morgan fingerprint density at radius 1 is 1.00 bits per heavy atom. The first-order valence-corrected chi connectivity index (χ1v) is 15.5. The number of halogens is 4. The van der Waals surface area contributed by atoms with Gasteiger partial charge in [-0.2, -0.15) is 17.5 Å². The molecule has 18 heteroatoms. The summed E-state index contributed by atoms with van der Waals surface area (Å²) in [6, 6.07) is 8.37. The first kappa shape index (κ1) is 29.3. The molecule has 3 heterocycles. The lowest BCUT2D eigenvalue weighted by Crippen LogP contribution is -2.54. The van der Waals surface area contributed by atoms with Crippen LogP contribution in [0.15, 0.2) is 58.6 Å². The van der Waals surface area contributed by atoms with E-state index in [1.807, 2.05) is 0 Å². The van der Waals surface area contributed by atoms with Crippen molar-refractivity contribution < 1.29 is 47.6 Å². The van der Waals surface area contributed by atoms with E-state index in [0.29, 0.717) is 3.97 Å². The van der Waals surface area contributed by atoms with Gasteiger partial charge in [-0.3, -0.25) is 0 Å². The number of methoxy groups -OCH3 is 1. The molecule has 11 nitrogen and oxygen atoms in total. The van der Waals surface area contributed by atoms with Crippen LogP contribution in [0.4, 0.5) is 17.6 Å². The third-order valence-corrected chi connectivity index (χ3v) is 11.3. The maximum absolute atomic E-state index is 14.5. The van der Waals surface area contributed by atoms with Crippen molar-refractivity contribution in [3.05, 3.63) is 54.5 Å². The normalized spacial score (nSPS) is 17.5. The Labute approximate surface area is 221 Å². The minimum Gasteiger partial charge on any atom is -0.377 e. The van der Waals surface area contributed by atoms with E-state index in [2.05, 4.69) is 4.98 Å². The van der Waals surface area contributed by atoms with Crippen LogP contribution in [0, 0.1) is 5.82 Å². The monoisotopic (exact) mass is 614 g/mol. The lowest BCUT2D eigenvalue weighted by molar-refractivity contribution is -0.0515. The van der Waals surface area contributed by atoms with Crippen LogP contribution in [0.3, 0.4) is 0 Å². The smallest absolute Gasteiger partial charge is 0.377 e. The standard InChI is InChI=1S/C21H22F4N4O7S3/c1-36-20(14-27-39(34,35)21(23,24)25)8-11-28(12-9-20)38(32,33)18-13-15-5-4-10-26-19(15)29(18)37(30,31)17-7-3-2-6-16(17)22/h2-7,10,13,27H,8-9,11-12,14H2,1H3. The van der Waals surface area contributed by atoms with Crippen LogP contribution in [-0.4, -0.2) is 76.4 Å². The quantitative estimate of drug-likeness (QED) is 0.380. The molecule has 39 heavy (non-hydrogen) atoms. The zero-order chi connectivity index (χ0) is 28.9. The largest absolute Gasteiger partial charge is 0.511 e. The van der Waals surface area contributed by atoms with Gasteiger partial charge in [0.25, 0.3) is 20.0 Å². The number of rotatable bonds is 8. The van der Waals surface area contributed by atoms with Gasteiger partial charge in [-0.15, -0.1) is 0 Å². The van der Waals surface area contributed by atoms with Crippen molar-refractivity contribution in [1.29, 1.82) is 0 Å². The van der Waals surface area contributed by atoms with E-state index >= 15 is 0 Å². The molecule has 0 atom stereocenters. The number of hydrogen-bond acceptors (Lipinski definition) is 8. The fourth-order valence-corrected chi connectivity index (χ4v) is 8.30. The minimum absolute atomic E-state index is 0.140. The molecular weight excluding hydrogens is 592 g/mol. The molecule has 3 aromatic rings. The zero-order valence-electron chi connectivity index (χ0n) is 20.1. The van der Waals surface area contributed by atoms with Crippen LogP contribution in [0.1, 0.15) is 12.8 Å². The summed E-state index contributed by atoms with van der Waals surface area (Å²) in [5.74, 6) is -1.11. The number of hydrogen-bond donors (Lipinski definition) is 1. The molecule has 0 spiro atoms. The molecule has 1 aromatic carbocycles. The second-order valence-electron chi connectivity index (χ2n) is 8.66. The number of ether oxygens (including phenoxy) is 1. The number of pyridine rings is 1. The van der Waals surface area contributed by atoms with Crippen LogP contribution in [0.2, 0.25) is 0 Å². The second kappa shape index (κ2) is 10.1. The molecule has 0 bridgehead atoms. The summed E-state index contributed by atoms with van der Waals surface area (Å²) in [5.41, 5.74) is -7.27. The van der Waals surface area contributed by atoms with E-state index in [0.717, 1.165) is 29.6 Å². The van der Waals surface area contributed by atoms with Crippen LogP contribution in [0.5, 0.6) is 0 Å². The summed E-state index contributed by atoms with van der Waals surface area (Å²) < 4.78 is 138. The maximum Gasteiger partial charge on any atom is 0.511 e. The average Bonchev–Trinajstić information content (AvgIpc) is 3.29. The molecule has 0 unspecified atom stereocenters. The number of alkyl halides is 3. The highest BCUT2D eigenvalue weighted by Crippen LogP contribution is 2.34. The Hall–Kier alpha value is -2.64. The molecule has 0 aliphatic carbocycles. The van der Waals surface area contributed by atoms with Crippen molar-refractivity contribution in [3.63, 3.8) is 0 Å². The van der Waals surface area contributed by atoms with Crippen LogP contribution in [-0.2, 0) is 34.8 Å². The molecule has 0 radical (unpaired) electrons. The molecule has 1 saturated heterocycles. The van der Waals surface area contributed by atoms with Crippen LogP contribution >= 0.6 is 0 Å². The summed E-state index contributed by atoms with van der Waals surface area (Å²) in [6.45, 7) is -1.47. The fourth-order valence-electron chi connectivity index (χ4n) is 4.18. The van der Waals surface area contributed by atoms with E-state index < -0.39 is 63.5 Å². The molecule has 1 fully saturated rings. The maximum atomic E-state index is 14.5. The van der Waals surface area contributed by atoms with Crippen LogP contribution < -0.4 is 4.72 Å². The molecular formula is C21H22F4N4O7S3. The lowest BCUT2D eigenvalue weighted by atomic mass is 9.92. The Morgan fingerprint density at radius 3 is 2.23 bits per heavy atom. The third kappa shape index (κ3) is 5.28. The summed E-state index contributed by atoms with van der Waals surface area (Å²) in [5, 5.41) is -0.581. The Bertz CT molecular complexity index is 1720. The molecule has 0 saturated carbocycles. The number of piperidine rings is 1. The Kier molecular flexibility index (Phi) is 7.58. The van der Waals surface area contributed by atoms with Gasteiger partial charge in [0.2, 0.25) is 0 Å². The van der Waals surface area contributed by atoms with Gasteiger partial charge in [-0.05, 0) is 43.2 Å². The molecule has 1 aliphatic heterocycles. The predicted molar refractivity (Wildman–Crippen MR) is 129 cm³/mol. The van der Waals surface area contributed by atoms with E-state index in [-0.39, 0.29) is 37.0 Å². The van der Waals surface area contributed by atoms with Gasteiger partial charge >= 0.3 is 15.5 Å². The molecule has 0 amide bonds. The zero-order valence-corrected chi connectivity index (χ0v) is 22.5. The predicted octanol–water partition coefficient (Wildman–Crippen LogP) is 2.02. The highest BCUT2D eigenvalue weighted by Gasteiger charge is 2.48. The van der Waals surface area contributed by atoms with Gasteiger partial charge in [0, 0.05) is 38.3 Å². The minimum atomic E-state index is -5.67. The number of fused-ring (bicyclic) bond motifs is 1. The second-order valence-corrected chi connectivity index (χ2v) is 14.1. The summed E-state index contributed by atoms with van der Waals surface area (Å²) in [4.78, 5) is 3.21. The van der Waals surface area contributed by atoms with Crippen molar-refractivity contribution in [1.82, 2.24) is 18.0 Å². The van der Waals surface area contributed by atoms with Gasteiger partial charge in [-0.1, -0.05) is 12.1 Å². The van der Waals surface area contributed by atoms with Gasteiger partial charge in [0.15, 0.2) is 10.7 Å². The SMILES string of the molecule is COC1(CNS(=O)(=O)C(F)(F)F)CCN(S(=O)(=O)c2cc3cccnc3n2S(=O)(=O)c2ccccc2F)CC1. The van der Waals surface area contributed by atoms with Crippen molar-refractivity contribution in [2.24, 2.45) is 0 Å². The van der Waals surface area contributed by atoms with E-state index in [4.69, 9.17) is 4.74 Å². The summed E-state index contributed by atoms with van der Waals surface area (Å²) in [7, 11) is -13.9. The van der Waals surface area contributed by atoms with Gasteiger partial charge in [0.05, 0.1) is 5.60 Å². The topological polar surface area (TPSA) is 145 Å². The van der Waals surface area contributed by atoms with E-state index in [1.54, 1.807) is 0 Å². The van der Waals surface area contributed by atoms with E-state index in [1.165, 1.54) is 35.2 Å². The molecule has 214 valence electrons. The number of benzene rings is 1. The first-order chi connectivity index (χ1) is 18.1. The van der Waals surface area contributed by atoms with Crippen molar-refractivity contribution in [2.75, 3.05) is 26.7 Å². The molecule has 4 rings (SSSR count). The molecule has 1 N–H and O–H groups in total. The fraction of sp³-hybridized carbons (Fsp3) is 0.381. The number of sulfonamides is 2. The Morgan fingerprint density at radius 2 is 1.64 bits per heavy atom. The summed E-state index contributed by atoms with van der Waals surface area (Å²) >= 11 is 0. The number of nitrogens with zero attached hydrogens (tertiary/aromatic N) is 3. The van der Waals surface area contributed by atoms with Gasteiger partial charge < -0.3 is 4.74 Å². The van der Waals surface area contributed by atoms with Gasteiger partial charge in [0.1, 0.15) is 10.7 Å². The van der Waals surface area contributed by atoms with E-state index in [9.17, 15) is 42.8 Å². The molecule has 1 aliphatic rings. The van der Waals surface area contributed by atoms with Crippen molar-refractivity contribution in [3.8, 4) is 0 Å². The number of aromatic nitrogens is 2.